The van der Waals surface area contributed by atoms with Crippen molar-refractivity contribution in [2.75, 3.05) is 72.0 Å². The Morgan fingerprint density at radius 1 is 0.857 bits per heavy atom. The highest BCUT2D eigenvalue weighted by molar-refractivity contribution is 7.24. The van der Waals surface area contributed by atoms with Gasteiger partial charge in [-0.15, -0.1) is 0 Å². The van der Waals surface area contributed by atoms with Crippen molar-refractivity contribution in [1.29, 1.82) is 0 Å². The first kappa shape index (κ1) is 24.5. The third-order valence-electron chi connectivity index (χ3n) is 4.11. The van der Waals surface area contributed by atoms with Crippen LogP contribution < -0.4 is 5.32 Å². The van der Waals surface area contributed by atoms with E-state index in [0.717, 1.165) is 0 Å². The molecule has 13 heteroatoms. The van der Waals surface area contributed by atoms with Crippen LogP contribution in [0, 0.1) is 0 Å². The number of aliphatic carboxylic acids is 2. The van der Waals surface area contributed by atoms with Crippen LogP contribution in [0.25, 0.3) is 0 Å². The Hall–Kier alpha value is -1.56. The summed E-state index contributed by atoms with van der Waals surface area (Å²) in [5.74, 6) is -2.64. The zero-order valence-electron chi connectivity index (χ0n) is 15.7. The number of nitrogens with zero attached hydrogens (tertiary/aromatic N) is 3. The highest BCUT2D eigenvalue weighted by Crippen LogP contribution is 2.05. The van der Waals surface area contributed by atoms with Crippen molar-refractivity contribution in [2.45, 2.75) is 6.03 Å². The van der Waals surface area contributed by atoms with Crippen molar-refractivity contribution in [3.05, 3.63) is 0 Å². The normalized spacial score (nSPS) is 20.3. The lowest BCUT2D eigenvalue weighted by Crippen LogP contribution is -2.47. The number of nitrogens with one attached hydrogen (secondary N) is 1. The first-order valence-corrected chi connectivity index (χ1v) is 10.1. The molecule has 2 unspecified atom stereocenters. The molecule has 0 aromatic rings. The van der Waals surface area contributed by atoms with Crippen LogP contribution in [0.3, 0.4) is 0 Å². The van der Waals surface area contributed by atoms with E-state index in [-0.39, 0.29) is 19.6 Å². The number of esters is 1. The third-order valence-corrected chi connectivity index (χ3v) is 4.48. The molecule has 1 aliphatic rings. The number of carbonyl (C=O) groups is 3. The molecule has 0 bridgehead atoms. The van der Waals surface area contributed by atoms with Crippen LogP contribution in [0.1, 0.15) is 0 Å². The minimum absolute atomic E-state index is 0.120. The van der Waals surface area contributed by atoms with Crippen LogP contribution in [-0.4, -0.2) is 126 Å². The molecule has 0 spiro atoms. The Labute approximate surface area is 164 Å². The van der Waals surface area contributed by atoms with E-state index in [9.17, 15) is 18.9 Å². The molecule has 1 heterocycles. The smallest absolute Gasteiger partial charge is 0.322 e. The molecule has 2 atom stereocenters. The second-order valence-corrected chi connectivity index (χ2v) is 7.22. The van der Waals surface area contributed by atoms with Gasteiger partial charge in [0.05, 0.1) is 19.6 Å². The van der Waals surface area contributed by atoms with Crippen LogP contribution in [0.15, 0.2) is 0 Å². The minimum atomic E-state index is -1.63. The summed E-state index contributed by atoms with van der Waals surface area (Å²) in [6, 6.07) is -1.60. The standard InChI is InChI=1S/C15H29N4O8P/c20-12(21)9-17-3-1-16-2-4-18(11-14(24)27-15(25)28-26)6-8-19(7-5-17)10-13(22)23/h15-16,25H,1-11,28H2,(H,20,21)(H,22,23). The van der Waals surface area contributed by atoms with Crippen LogP contribution in [-0.2, 0) is 23.7 Å². The summed E-state index contributed by atoms with van der Waals surface area (Å²) in [4.78, 5) is 39.1. The second-order valence-electron chi connectivity index (χ2n) is 6.38. The zero-order chi connectivity index (χ0) is 20.9. The molecule has 162 valence electrons. The zero-order valence-corrected chi connectivity index (χ0v) is 16.8. The fourth-order valence-electron chi connectivity index (χ4n) is 2.74. The molecule has 12 nitrogen and oxygen atoms in total. The van der Waals surface area contributed by atoms with Crippen molar-refractivity contribution in [1.82, 2.24) is 20.0 Å². The van der Waals surface area contributed by atoms with E-state index < -0.39 is 32.4 Å². The van der Waals surface area contributed by atoms with E-state index in [0.29, 0.717) is 52.4 Å². The van der Waals surface area contributed by atoms with E-state index in [1.165, 1.54) is 0 Å². The average molecular weight is 424 g/mol. The van der Waals surface area contributed by atoms with Crippen molar-refractivity contribution in [3.8, 4) is 0 Å². The molecule has 1 rings (SSSR count). The number of ether oxygens (including phenoxy) is 1. The van der Waals surface area contributed by atoms with Crippen LogP contribution >= 0.6 is 8.46 Å². The Bertz CT molecular complexity index is 538. The first-order chi connectivity index (χ1) is 13.3. The number of aliphatic hydroxyl groups is 1. The maximum atomic E-state index is 11.8. The molecule has 0 amide bonds. The van der Waals surface area contributed by atoms with Gasteiger partial charge in [0.25, 0.3) is 0 Å². The predicted octanol–water partition coefficient (Wildman–Crippen LogP) is -2.76. The quantitative estimate of drug-likeness (QED) is 0.181. The highest BCUT2D eigenvalue weighted by atomic mass is 31.1. The van der Waals surface area contributed by atoms with Crippen molar-refractivity contribution < 1.29 is 39.0 Å². The van der Waals surface area contributed by atoms with E-state index in [4.69, 9.17) is 15.3 Å². The number of carboxylic acids is 2. The largest absolute Gasteiger partial charge is 0.480 e. The molecule has 0 saturated carbocycles. The van der Waals surface area contributed by atoms with Gasteiger partial charge in [-0.25, -0.2) is 0 Å². The lowest BCUT2D eigenvalue weighted by molar-refractivity contribution is -0.157. The number of carboxylic acid groups (broad SMARTS) is 2. The Morgan fingerprint density at radius 3 is 1.71 bits per heavy atom. The van der Waals surface area contributed by atoms with Gasteiger partial charge in [-0.05, 0) is 0 Å². The molecule has 0 radical (unpaired) electrons. The SMILES string of the molecule is O=[PH2]C(O)OC(=O)CN1CCNCCN(CC(=O)O)CCN(CC(=O)O)CC1. The number of carbonyl (C=O) groups excluding carboxylic acids is 1. The Kier molecular flexibility index (Phi) is 11.9. The minimum Gasteiger partial charge on any atom is -0.480 e. The molecular formula is C15H29N4O8P. The predicted molar refractivity (Wildman–Crippen MR) is 100.0 cm³/mol. The topological polar surface area (TPSA) is 160 Å². The van der Waals surface area contributed by atoms with Gasteiger partial charge in [0.15, 0.2) is 0 Å². The van der Waals surface area contributed by atoms with Gasteiger partial charge in [-0.2, -0.15) is 0 Å². The lowest BCUT2D eigenvalue weighted by atomic mass is 10.3. The summed E-state index contributed by atoms with van der Waals surface area (Å²) in [5.41, 5.74) is 0. The molecule has 28 heavy (non-hydrogen) atoms. The summed E-state index contributed by atoms with van der Waals surface area (Å²) in [5, 5.41) is 30.5. The molecule has 0 aromatic heterocycles. The maximum absolute atomic E-state index is 11.8. The van der Waals surface area contributed by atoms with Gasteiger partial charge >= 0.3 is 17.9 Å². The van der Waals surface area contributed by atoms with Gasteiger partial charge in [0.1, 0.15) is 8.46 Å². The Morgan fingerprint density at radius 2 is 1.29 bits per heavy atom. The van der Waals surface area contributed by atoms with Gasteiger partial charge in [0, 0.05) is 52.4 Å². The van der Waals surface area contributed by atoms with Crippen LogP contribution in [0.2, 0.25) is 0 Å². The van der Waals surface area contributed by atoms with E-state index in [2.05, 4.69) is 10.1 Å². The Balaban J connectivity index is 2.70. The van der Waals surface area contributed by atoms with Gasteiger partial charge < -0.3 is 29.9 Å². The number of aliphatic hydroxyl groups excluding tert-OH is 1. The summed E-state index contributed by atoms with van der Waals surface area (Å²) in [6.45, 7) is 3.11. The summed E-state index contributed by atoms with van der Waals surface area (Å²) in [7, 11) is -1.63. The summed E-state index contributed by atoms with van der Waals surface area (Å²) >= 11 is 0. The fourth-order valence-corrected chi connectivity index (χ4v) is 2.95. The first-order valence-electron chi connectivity index (χ1n) is 8.94. The van der Waals surface area contributed by atoms with Gasteiger partial charge in [0.2, 0.25) is 6.03 Å². The summed E-state index contributed by atoms with van der Waals surface area (Å²) < 4.78 is 15.2. The van der Waals surface area contributed by atoms with E-state index >= 15 is 0 Å². The van der Waals surface area contributed by atoms with Crippen LogP contribution in [0.5, 0.6) is 0 Å². The maximum Gasteiger partial charge on any atom is 0.322 e. The highest BCUT2D eigenvalue weighted by Gasteiger charge is 2.19. The third kappa shape index (κ3) is 11.3. The molecule has 4 N–H and O–H groups in total. The van der Waals surface area contributed by atoms with E-state index in [1.54, 1.807) is 14.7 Å². The lowest BCUT2D eigenvalue weighted by Gasteiger charge is -2.30. The van der Waals surface area contributed by atoms with Gasteiger partial charge in [-0.3, -0.25) is 29.1 Å². The molecule has 0 aliphatic carbocycles. The number of rotatable bonds is 8. The van der Waals surface area contributed by atoms with Crippen molar-refractivity contribution in [2.24, 2.45) is 0 Å². The number of hydrogen-bond donors (Lipinski definition) is 4. The van der Waals surface area contributed by atoms with Crippen molar-refractivity contribution in [3.63, 3.8) is 0 Å². The monoisotopic (exact) mass is 424 g/mol. The molecule has 1 fully saturated rings. The van der Waals surface area contributed by atoms with Gasteiger partial charge in [-0.1, -0.05) is 0 Å². The second kappa shape index (κ2) is 13.6. The van der Waals surface area contributed by atoms with E-state index in [1.807, 2.05) is 0 Å². The summed E-state index contributed by atoms with van der Waals surface area (Å²) in [6.07, 6.45) is 0. The van der Waals surface area contributed by atoms with Crippen molar-refractivity contribution >= 4 is 26.4 Å². The molecular weight excluding hydrogens is 395 g/mol. The molecule has 1 saturated heterocycles. The molecule has 0 aromatic carbocycles. The fraction of sp³-hybridized carbons (Fsp3) is 0.800. The average Bonchev–Trinajstić information content (AvgIpc) is 2.60. The number of hydrogen-bond acceptors (Lipinski definition) is 10. The molecule has 1 aliphatic heterocycles. The van der Waals surface area contributed by atoms with Crippen LogP contribution in [0.4, 0.5) is 0 Å².